The molecule has 1 aromatic rings. The molecular formula is C10H16N4O. The first-order valence-electron chi connectivity index (χ1n) is 5.18. The summed E-state index contributed by atoms with van der Waals surface area (Å²) in [5.74, 6) is 0.195. The summed E-state index contributed by atoms with van der Waals surface area (Å²) in [6.45, 7) is 3.66. The molecule has 5 nitrogen and oxygen atoms in total. The maximum Gasteiger partial charge on any atom is 0.228 e. The number of aryl methyl sites for hydroxylation is 1. The first-order valence-corrected chi connectivity index (χ1v) is 5.18. The van der Waals surface area contributed by atoms with Gasteiger partial charge in [-0.05, 0) is 19.9 Å². The van der Waals surface area contributed by atoms with Crippen molar-refractivity contribution >= 4 is 11.6 Å². The van der Waals surface area contributed by atoms with Crippen molar-refractivity contribution in [3.63, 3.8) is 0 Å². The molecule has 82 valence electrons. The Morgan fingerprint density at radius 3 is 3.07 bits per heavy atom. The molecule has 1 aliphatic rings. The molecule has 0 aliphatic carbocycles. The van der Waals surface area contributed by atoms with Gasteiger partial charge in [0.2, 0.25) is 5.91 Å². The zero-order valence-corrected chi connectivity index (χ0v) is 9.08. The predicted molar refractivity (Wildman–Crippen MR) is 57.6 cm³/mol. The van der Waals surface area contributed by atoms with Crippen molar-refractivity contribution in [2.75, 3.05) is 18.4 Å². The lowest BCUT2D eigenvalue weighted by Crippen LogP contribution is -2.24. The van der Waals surface area contributed by atoms with Gasteiger partial charge in [-0.1, -0.05) is 0 Å². The molecule has 5 heteroatoms. The Morgan fingerprint density at radius 2 is 2.53 bits per heavy atom. The van der Waals surface area contributed by atoms with Gasteiger partial charge in [-0.25, -0.2) is 0 Å². The lowest BCUT2D eigenvalue weighted by atomic mass is 10.1. The number of hydrogen-bond donors (Lipinski definition) is 2. The molecule has 0 bridgehead atoms. The second kappa shape index (κ2) is 4.02. The number of hydrogen-bond acceptors (Lipinski definition) is 3. The van der Waals surface area contributed by atoms with E-state index in [4.69, 9.17) is 0 Å². The minimum absolute atomic E-state index is 0.0936. The largest absolute Gasteiger partial charge is 0.323 e. The van der Waals surface area contributed by atoms with E-state index in [2.05, 4.69) is 15.7 Å². The number of rotatable bonds is 2. The van der Waals surface area contributed by atoms with E-state index in [9.17, 15) is 4.79 Å². The SMILES string of the molecule is Cc1c(NC(=O)[C@@H]2CCNC2)cnn1C. The monoisotopic (exact) mass is 208 g/mol. The maximum atomic E-state index is 11.8. The second-order valence-electron chi connectivity index (χ2n) is 3.95. The zero-order chi connectivity index (χ0) is 10.8. The molecule has 0 unspecified atom stereocenters. The average Bonchev–Trinajstić information content (AvgIpc) is 2.83. The smallest absolute Gasteiger partial charge is 0.228 e. The number of carbonyl (C=O) groups is 1. The van der Waals surface area contributed by atoms with Crippen LogP contribution >= 0.6 is 0 Å². The van der Waals surface area contributed by atoms with Gasteiger partial charge >= 0.3 is 0 Å². The molecule has 0 aromatic carbocycles. The van der Waals surface area contributed by atoms with Crippen LogP contribution in [0.25, 0.3) is 0 Å². The molecule has 2 rings (SSSR count). The third-order valence-electron chi connectivity index (χ3n) is 2.92. The van der Waals surface area contributed by atoms with Crippen molar-refractivity contribution in [2.45, 2.75) is 13.3 Å². The summed E-state index contributed by atoms with van der Waals surface area (Å²) in [5.41, 5.74) is 1.80. The van der Waals surface area contributed by atoms with Crippen molar-refractivity contribution in [3.8, 4) is 0 Å². The van der Waals surface area contributed by atoms with Crippen molar-refractivity contribution in [1.82, 2.24) is 15.1 Å². The van der Waals surface area contributed by atoms with Gasteiger partial charge in [-0.3, -0.25) is 9.48 Å². The van der Waals surface area contributed by atoms with Crippen LogP contribution in [0.1, 0.15) is 12.1 Å². The summed E-state index contributed by atoms with van der Waals surface area (Å²) in [5, 5.41) is 10.2. The Balaban J connectivity index is 2.02. The third-order valence-corrected chi connectivity index (χ3v) is 2.92. The van der Waals surface area contributed by atoms with Crippen LogP contribution in [0.4, 0.5) is 5.69 Å². The summed E-state index contributed by atoms with van der Waals surface area (Å²) in [4.78, 5) is 11.8. The van der Waals surface area contributed by atoms with Gasteiger partial charge in [-0.15, -0.1) is 0 Å². The number of amides is 1. The normalized spacial score (nSPS) is 20.5. The van der Waals surface area contributed by atoms with Gasteiger partial charge in [0, 0.05) is 13.6 Å². The van der Waals surface area contributed by atoms with Crippen LogP contribution in [0.3, 0.4) is 0 Å². The van der Waals surface area contributed by atoms with E-state index in [0.717, 1.165) is 30.9 Å². The van der Waals surface area contributed by atoms with Crippen LogP contribution < -0.4 is 10.6 Å². The highest BCUT2D eigenvalue weighted by atomic mass is 16.1. The van der Waals surface area contributed by atoms with Crippen molar-refractivity contribution < 1.29 is 4.79 Å². The lowest BCUT2D eigenvalue weighted by molar-refractivity contribution is -0.119. The van der Waals surface area contributed by atoms with Gasteiger partial charge in [0.1, 0.15) is 0 Å². The average molecular weight is 208 g/mol. The van der Waals surface area contributed by atoms with E-state index in [0.29, 0.717) is 0 Å². The van der Waals surface area contributed by atoms with Crippen molar-refractivity contribution in [1.29, 1.82) is 0 Å². The number of anilines is 1. The molecule has 1 saturated heterocycles. The Hall–Kier alpha value is -1.36. The van der Waals surface area contributed by atoms with E-state index in [1.165, 1.54) is 0 Å². The Morgan fingerprint density at radius 1 is 1.73 bits per heavy atom. The minimum Gasteiger partial charge on any atom is -0.323 e. The van der Waals surface area contributed by atoms with Gasteiger partial charge < -0.3 is 10.6 Å². The Bertz CT molecular complexity index is 365. The summed E-state index contributed by atoms with van der Waals surface area (Å²) in [7, 11) is 1.86. The van der Waals surface area contributed by atoms with Crippen molar-refractivity contribution in [3.05, 3.63) is 11.9 Å². The molecule has 0 spiro atoms. The summed E-state index contributed by atoms with van der Waals surface area (Å²) in [6.07, 6.45) is 2.61. The number of nitrogens with zero attached hydrogens (tertiary/aromatic N) is 2. The van der Waals surface area contributed by atoms with Gasteiger partial charge in [0.05, 0.1) is 23.5 Å². The number of carbonyl (C=O) groups excluding carboxylic acids is 1. The number of aromatic nitrogens is 2. The van der Waals surface area contributed by atoms with Gasteiger partial charge in [0.25, 0.3) is 0 Å². The highest BCUT2D eigenvalue weighted by Crippen LogP contribution is 2.15. The minimum atomic E-state index is 0.0936. The highest BCUT2D eigenvalue weighted by molar-refractivity contribution is 5.93. The van der Waals surface area contributed by atoms with E-state index in [1.54, 1.807) is 10.9 Å². The quantitative estimate of drug-likeness (QED) is 0.733. The van der Waals surface area contributed by atoms with E-state index >= 15 is 0 Å². The van der Waals surface area contributed by atoms with E-state index in [-0.39, 0.29) is 11.8 Å². The fraction of sp³-hybridized carbons (Fsp3) is 0.600. The van der Waals surface area contributed by atoms with Crippen LogP contribution in [0.5, 0.6) is 0 Å². The fourth-order valence-corrected chi connectivity index (χ4v) is 1.73. The van der Waals surface area contributed by atoms with Crippen LogP contribution in [0, 0.1) is 12.8 Å². The standard InChI is InChI=1S/C10H16N4O/c1-7-9(6-12-14(7)2)13-10(15)8-3-4-11-5-8/h6,8,11H,3-5H2,1-2H3,(H,13,15)/t8-/m1/s1. The molecule has 0 saturated carbocycles. The molecule has 1 atom stereocenters. The Labute approximate surface area is 88.8 Å². The zero-order valence-electron chi connectivity index (χ0n) is 9.08. The topological polar surface area (TPSA) is 59.0 Å². The highest BCUT2D eigenvalue weighted by Gasteiger charge is 2.23. The van der Waals surface area contributed by atoms with Crippen LogP contribution in [0.15, 0.2) is 6.20 Å². The summed E-state index contributed by atoms with van der Waals surface area (Å²) < 4.78 is 1.75. The van der Waals surface area contributed by atoms with E-state index in [1.807, 2.05) is 14.0 Å². The predicted octanol–water partition coefficient (Wildman–Crippen LogP) is 0.277. The third kappa shape index (κ3) is 2.02. The molecule has 0 radical (unpaired) electrons. The molecule has 15 heavy (non-hydrogen) atoms. The van der Waals surface area contributed by atoms with E-state index < -0.39 is 0 Å². The van der Waals surface area contributed by atoms with Crippen LogP contribution in [-0.4, -0.2) is 28.8 Å². The number of nitrogens with one attached hydrogen (secondary N) is 2. The lowest BCUT2D eigenvalue weighted by Gasteiger charge is -2.08. The molecule has 1 aromatic heterocycles. The first-order chi connectivity index (χ1) is 7.18. The van der Waals surface area contributed by atoms with Crippen molar-refractivity contribution in [2.24, 2.45) is 13.0 Å². The first kappa shape index (κ1) is 10.2. The summed E-state index contributed by atoms with van der Waals surface area (Å²) in [6, 6.07) is 0. The van der Waals surface area contributed by atoms with Crippen LogP contribution in [-0.2, 0) is 11.8 Å². The maximum absolute atomic E-state index is 11.8. The molecule has 2 heterocycles. The Kier molecular flexibility index (Phi) is 2.73. The van der Waals surface area contributed by atoms with Crippen LogP contribution in [0.2, 0.25) is 0 Å². The van der Waals surface area contributed by atoms with Gasteiger partial charge in [0.15, 0.2) is 0 Å². The molecule has 2 N–H and O–H groups in total. The fourth-order valence-electron chi connectivity index (χ4n) is 1.73. The molecular weight excluding hydrogens is 192 g/mol. The molecule has 1 fully saturated rings. The molecule has 1 aliphatic heterocycles. The van der Waals surface area contributed by atoms with Gasteiger partial charge in [-0.2, -0.15) is 5.10 Å². The molecule has 1 amide bonds. The second-order valence-corrected chi connectivity index (χ2v) is 3.95. The summed E-state index contributed by atoms with van der Waals surface area (Å²) >= 11 is 0.